The molecule has 0 atom stereocenters. The number of thioether (sulfide) groups is 1. The number of ether oxygens (including phenoxy) is 1. The summed E-state index contributed by atoms with van der Waals surface area (Å²) >= 11 is 2.87. The second-order valence-electron chi connectivity index (χ2n) is 4.76. The van der Waals surface area contributed by atoms with Crippen molar-refractivity contribution in [2.45, 2.75) is 24.7 Å². The van der Waals surface area contributed by atoms with Gasteiger partial charge in [-0.1, -0.05) is 23.1 Å². The molecule has 8 heteroatoms. The summed E-state index contributed by atoms with van der Waals surface area (Å²) in [6, 6.07) is 1.95. The lowest BCUT2D eigenvalue weighted by atomic mass is 10.2. The summed E-state index contributed by atoms with van der Waals surface area (Å²) in [5, 5.41) is 11.7. The number of anilines is 1. The van der Waals surface area contributed by atoms with Crippen molar-refractivity contribution < 1.29 is 9.53 Å². The van der Waals surface area contributed by atoms with Crippen LogP contribution in [0.25, 0.3) is 0 Å². The number of aryl methyl sites for hydroxylation is 1. The highest BCUT2D eigenvalue weighted by Gasteiger charge is 2.16. The zero-order valence-corrected chi connectivity index (χ0v) is 14.8. The van der Waals surface area contributed by atoms with E-state index in [1.165, 1.54) is 23.1 Å². The molecule has 0 amide bonds. The van der Waals surface area contributed by atoms with Crippen molar-refractivity contribution in [2.75, 3.05) is 31.8 Å². The lowest BCUT2D eigenvalue weighted by molar-refractivity contribution is 0.102. The van der Waals surface area contributed by atoms with E-state index in [4.69, 9.17) is 4.74 Å². The number of nitrogens with one attached hydrogen (secondary N) is 1. The van der Waals surface area contributed by atoms with Crippen molar-refractivity contribution in [3.63, 3.8) is 0 Å². The highest BCUT2D eigenvalue weighted by molar-refractivity contribution is 8.01. The van der Waals surface area contributed by atoms with Gasteiger partial charge in [-0.2, -0.15) is 0 Å². The Hall–Kier alpha value is -1.38. The number of ketones is 1. The average molecular weight is 340 g/mol. The largest absolute Gasteiger partial charge is 0.383 e. The summed E-state index contributed by atoms with van der Waals surface area (Å²) in [6.07, 6.45) is 0. The van der Waals surface area contributed by atoms with Gasteiger partial charge in [-0.15, -0.1) is 10.2 Å². The van der Waals surface area contributed by atoms with Gasteiger partial charge in [0.25, 0.3) is 0 Å². The number of carbonyl (C=O) groups excluding carboxylic acids is 1. The van der Waals surface area contributed by atoms with E-state index in [0.717, 1.165) is 33.0 Å². The molecule has 6 nitrogen and oxygen atoms in total. The van der Waals surface area contributed by atoms with Gasteiger partial charge in [-0.25, -0.2) is 0 Å². The number of Topliss-reactive ketones (excluding diaryl/α,β-unsaturated/α-hetero) is 1. The van der Waals surface area contributed by atoms with Crippen LogP contribution in [0.1, 0.15) is 21.7 Å². The van der Waals surface area contributed by atoms with E-state index >= 15 is 0 Å². The molecule has 0 unspecified atom stereocenters. The van der Waals surface area contributed by atoms with Crippen LogP contribution >= 0.6 is 23.1 Å². The molecule has 0 saturated carbocycles. The molecule has 2 rings (SSSR count). The summed E-state index contributed by atoms with van der Waals surface area (Å²) < 4.78 is 8.03. The molecule has 0 saturated heterocycles. The molecule has 2 heterocycles. The highest BCUT2D eigenvalue weighted by Crippen LogP contribution is 2.26. The minimum atomic E-state index is 0.114. The van der Waals surface area contributed by atoms with E-state index in [1.54, 1.807) is 14.2 Å². The number of nitrogens with zero attached hydrogens (tertiary/aromatic N) is 3. The second kappa shape index (κ2) is 7.75. The van der Waals surface area contributed by atoms with Crippen LogP contribution in [0.2, 0.25) is 0 Å². The fourth-order valence-electron chi connectivity index (χ4n) is 2.18. The van der Waals surface area contributed by atoms with Gasteiger partial charge in [0.2, 0.25) is 5.13 Å². The first-order valence-electron chi connectivity index (χ1n) is 6.89. The fraction of sp³-hybridized carbons (Fsp3) is 0.500. The molecule has 1 N–H and O–H groups in total. The second-order valence-corrected chi connectivity index (χ2v) is 6.96. The predicted molar refractivity (Wildman–Crippen MR) is 90.3 cm³/mol. The molecule has 0 aliphatic carbocycles. The highest BCUT2D eigenvalue weighted by atomic mass is 32.2. The van der Waals surface area contributed by atoms with Crippen molar-refractivity contribution in [1.82, 2.24) is 14.8 Å². The Bertz CT molecular complexity index is 651. The first kappa shape index (κ1) is 17.0. The molecule has 120 valence electrons. The molecule has 0 aliphatic rings. The minimum absolute atomic E-state index is 0.114. The van der Waals surface area contributed by atoms with Crippen LogP contribution in [0.4, 0.5) is 5.13 Å². The summed E-state index contributed by atoms with van der Waals surface area (Å²) in [6.45, 7) is 5.38. The maximum atomic E-state index is 12.4. The summed E-state index contributed by atoms with van der Waals surface area (Å²) in [5.41, 5.74) is 2.85. The SMILES string of the molecule is CNc1nnc(SCC(=O)c2cc(C)n(CCOC)c2C)s1. The summed E-state index contributed by atoms with van der Waals surface area (Å²) in [5.74, 6) is 0.482. The maximum absolute atomic E-state index is 12.4. The lowest BCUT2D eigenvalue weighted by Gasteiger charge is -2.08. The monoisotopic (exact) mass is 340 g/mol. The van der Waals surface area contributed by atoms with Crippen molar-refractivity contribution in [3.05, 3.63) is 23.0 Å². The van der Waals surface area contributed by atoms with Gasteiger partial charge < -0.3 is 14.6 Å². The number of hydrogen-bond donors (Lipinski definition) is 1. The van der Waals surface area contributed by atoms with Crippen LogP contribution in [0, 0.1) is 13.8 Å². The fourth-order valence-corrected chi connectivity index (χ4v) is 3.77. The van der Waals surface area contributed by atoms with Crippen molar-refractivity contribution in [2.24, 2.45) is 0 Å². The Morgan fingerprint density at radius 2 is 2.23 bits per heavy atom. The number of aromatic nitrogens is 3. The number of methoxy groups -OCH3 is 1. The van der Waals surface area contributed by atoms with Crippen molar-refractivity contribution >= 4 is 34.0 Å². The standard InChI is InChI=1S/C14H20N4O2S2/c1-9-7-11(10(2)18(9)5-6-20-4)12(19)8-21-14-17-16-13(15-3)22-14/h7H,5-6,8H2,1-4H3,(H,15,16). The van der Waals surface area contributed by atoms with Gasteiger partial charge in [0.05, 0.1) is 12.4 Å². The van der Waals surface area contributed by atoms with Gasteiger partial charge >= 0.3 is 0 Å². The van der Waals surface area contributed by atoms with Crippen LogP contribution in [-0.4, -0.2) is 47.1 Å². The van der Waals surface area contributed by atoms with Gasteiger partial charge in [-0.05, 0) is 19.9 Å². The first-order valence-corrected chi connectivity index (χ1v) is 8.70. The third-order valence-corrected chi connectivity index (χ3v) is 5.41. The molecule has 2 aromatic rings. The van der Waals surface area contributed by atoms with Gasteiger partial charge in [-0.3, -0.25) is 4.79 Å². The quantitative estimate of drug-likeness (QED) is 0.588. The van der Waals surface area contributed by atoms with E-state index in [-0.39, 0.29) is 5.78 Å². The topological polar surface area (TPSA) is 69.0 Å². The maximum Gasteiger partial charge on any atom is 0.206 e. The van der Waals surface area contributed by atoms with Crippen LogP contribution in [0.3, 0.4) is 0 Å². The molecule has 22 heavy (non-hydrogen) atoms. The van der Waals surface area contributed by atoms with Crippen LogP contribution in [-0.2, 0) is 11.3 Å². The number of carbonyl (C=O) groups is 1. The Kier molecular flexibility index (Phi) is 5.98. The minimum Gasteiger partial charge on any atom is -0.383 e. The van der Waals surface area contributed by atoms with Gasteiger partial charge in [0.1, 0.15) is 0 Å². The average Bonchev–Trinajstić information content (AvgIpc) is 3.08. The molecule has 0 spiro atoms. The summed E-state index contributed by atoms with van der Waals surface area (Å²) in [4.78, 5) is 12.4. The zero-order chi connectivity index (χ0) is 16.1. The van der Waals surface area contributed by atoms with E-state index in [9.17, 15) is 4.79 Å². The smallest absolute Gasteiger partial charge is 0.206 e. The first-order chi connectivity index (χ1) is 10.6. The van der Waals surface area contributed by atoms with E-state index < -0.39 is 0 Å². The van der Waals surface area contributed by atoms with E-state index in [2.05, 4.69) is 20.1 Å². The van der Waals surface area contributed by atoms with Crippen LogP contribution in [0.15, 0.2) is 10.4 Å². The molecular formula is C14H20N4O2S2. The Balaban J connectivity index is 2.03. The van der Waals surface area contributed by atoms with Crippen molar-refractivity contribution in [1.29, 1.82) is 0 Å². The van der Waals surface area contributed by atoms with Crippen LogP contribution in [0.5, 0.6) is 0 Å². The van der Waals surface area contributed by atoms with Gasteiger partial charge in [0.15, 0.2) is 10.1 Å². The molecule has 0 aromatic carbocycles. The summed E-state index contributed by atoms with van der Waals surface area (Å²) in [7, 11) is 3.48. The predicted octanol–water partition coefficient (Wildman–Crippen LogP) is 2.62. The molecule has 0 bridgehead atoms. The molecule has 0 fully saturated rings. The Labute approximate surface area is 138 Å². The number of rotatable bonds is 8. The Morgan fingerprint density at radius 1 is 1.45 bits per heavy atom. The van der Waals surface area contributed by atoms with Crippen molar-refractivity contribution in [3.8, 4) is 0 Å². The normalized spacial score (nSPS) is 10.9. The molecular weight excluding hydrogens is 320 g/mol. The Morgan fingerprint density at radius 3 is 2.86 bits per heavy atom. The van der Waals surface area contributed by atoms with E-state index in [0.29, 0.717) is 12.4 Å². The van der Waals surface area contributed by atoms with Gasteiger partial charge in [0, 0.05) is 37.7 Å². The molecule has 2 aromatic heterocycles. The van der Waals surface area contributed by atoms with E-state index in [1.807, 2.05) is 19.9 Å². The lowest BCUT2D eigenvalue weighted by Crippen LogP contribution is -2.09. The molecule has 0 aliphatic heterocycles. The third kappa shape index (κ3) is 3.88. The zero-order valence-electron chi connectivity index (χ0n) is 13.2. The molecule has 0 radical (unpaired) electrons. The third-order valence-electron chi connectivity index (χ3n) is 3.34. The number of hydrogen-bond acceptors (Lipinski definition) is 7. The van der Waals surface area contributed by atoms with Crippen LogP contribution < -0.4 is 5.32 Å².